The Kier molecular flexibility index (Phi) is 10.8. The van der Waals surface area contributed by atoms with Crippen LogP contribution in [0.2, 0.25) is 0 Å². The van der Waals surface area contributed by atoms with Gasteiger partial charge in [0.2, 0.25) is 5.91 Å². The van der Waals surface area contributed by atoms with Crippen LogP contribution in [-0.4, -0.2) is 50.1 Å². The molecule has 1 aromatic rings. The first-order valence-electron chi connectivity index (χ1n) is 7.49. The fourth-order valence-electron chi connectivity index (χ4n) is 1.80. The third kappa shape index (κ3) is 9.05. The van der Waals surface area contributed by atoms with Gasteiger partial charge in [-0.3, -0.25) is 4.79 Å². The lowest BCUT2D eigenvalue weighted by molar-refractivity contribution is -0.121. The van der Waals surface area contributed by atoms with Crippen LogP contribution in [-0.2, 0) is 11.3 Å². The van der Waals surface area contributed by atoms with E-state index in [9.17, 15) is 9.59 Å². The number of nitrogens with zero attached hydrogens (tertiary/aromatic N) is 1. The van der Waals surface area contributed by atoms with Crippen molar-refractivity contribution in [3.8, 4) is 0 Å². The van der Waals surface area contributed by atoms with E-state index in [1.54, 1.807) is 11.9 Å². The summed E-state index contributed by atoms with van der Waals surface area (Å²) in [4.78, 5) is 25.1. The molecule has 1 atom stereocenters. The summed E-state index contributed by atoms with van der Waals surface area (Å²) in [7, 11) is 3.58. The Hall–Kier alpha value is -1.79. The summed E-state index contributed by atoms with van der Waals surface area (Å²) < 4.78 is 0. The molecule has 0 aliphatic heterocycles. The van der Waals surface area contributed by atoms with Crippen molar-refractivity contribution in [3.05, 3.63) is 35.9 Å². The number of benzene rings is 1. The summed E-state index contributed by atoms with van der Waals surface area (Å²) in [6.45, 7) is 3.44. The predicted molar refractivity (Wildman–Crippen MR) is 94.7 cm³/mol. The van der Waals surface area contributed by atoms with Gasteiger partial charge < -0.3 is 20.9 Å². The van der Waals surface area contributed by atoms with Gasteiger partial charge in [-0.2, -0.15) is 0 Å². The number of amides is 3. The highest BCUT2D eigenvalue weighted by molar-refractivity contribution is 5.85. The maximum atomic E-state index is 11.9. The third-order valence-corrected chi connectivity index (χ3v) is 3.34. The van der Waals surface area contributed by atoms with Crippen LogP contribution >= 0.6 is 12.4 Å². The van der Waals surface area contributed by atoms with E-state index < -0.39 is 0 Å². The van der Waals surface area contributed by atoms with Crippen molar-refractivity contribution < 1.29 is 9.59 Å². The van der Waals surface area contributed by atoms with E-state index in [0.717, 1.165) is 5.56 Å². The summed E-state index contributed by atoms with van der Waals surface area (Å²) in [5.74, 6) is -0.0619. The molecule has 0 saturated carbocycles. The van der Waals surface area contributed by atoms with E-state index in [1.165, 1.54) is 0 Å². The maximum Gasteiger partial charge on any atom is 0.317 e. The second-order valence-corrected chi connectivity index (χ2v) is 5.32. The van der Waals surface area contributed by atoms with Gasteiger partial charge in [-0.25, -0.2) is 4.79 Å². The summed E-state index contributed by atoms with van der Waals surface area (Å²) in [6, 6.07) is 9.82. The number of hydrogen-bond donors (Lipinski definition) is 3. The molecule has 0 fully saturated rings. The Morgan fingerprint density at radius 2 is 1.83 bits per heavy atom. The first-order chi connectivity index (χ1) is 10.5. The molecule has 3 N–H and O–H groups in total. The van der Waals surface area contributed by atoms with Gasteiger partial charge >= 0.3 is 6.03 Å². The third-order valence-electron chi connectivity index (χ3n) is 3.34. The standard InChI is InChI=1S/C16H26N4O2.ClH/c1-13(17-2)11-19-15(21)9-10-18-16(22)20(3)12-14-7-5-4-6-8-14;/h4-8,13,17H,9-12H2,1-3H3,(H,18,22)(H,19,21);1H. The minimum absolute atomic E-state index is 0. The van der Waals surface area contributed by atoms with Gasteiger partial charge in [-0.15, -0.1) is 12.4 Å². The van der Waals surface area contributed by atoms with Gasteiger partial charge in [0, 0.05) is 39.1 Å². The molecule has 0 bridgehead atoms. The van der Waals surface area contributed by atoms with Crippen molar-refractivity contribution in [1.82, 2.24) is 20.9 Å². The van der Waals surface area contributed by atoms with Crippen LogP contribution in [0.5, 0.6) is 0 Å². The summed E-state index contributed by atoms with van der Waals surface area (Å²) in [5, 5.41) is 8.60. The molecule has 130 valence electrons. The SMILES string of the molecule is CNC(C)CNC(=O)CCNC(=O)N(C)Cc1ccccc1.Cl. The van der Waals surface area contributed by atoms with Crippen molar-refractivity contribution in [2.24, 2.45) is 0 Å². The molecule has 7 heteroatoms. The number of nitrogens with one attached hydrogen (secondary N) is 3. The number of carbonyl (C=O) groups excluding carboxylic acids is 2. The van der Waals surface area contributed by atoms with Crippen LogP contribution in [0.25, 0.3) is 0 Å². The zero-order chi connectivity index (χ0) is 16.4. The summed E-state index contributed by atoms with van der Waals surface area (Å²) in [6.07, 6.45) is 0.279. The topological polar surface area (TPSA) is 73.5 Å². The number of likely N-dealkylation sites (N-methyl/N-ethyl adjacent to an activating group) is 1. The van der Waals surface area contributed by atoms with Gasteiger partial charge in [0.15, 0.2) is 0 Å². The van der Waals surface area contributed by atoms with Crippen molar-refractivity contribution in [2.45, 2.75) is 25.9 Å². The molecular weight excluding hydrogens is 316 g/mol. The highest BCUT2D eigenvalue weighted by Gasteiger charge is 2.09. The molecule has 0 spiro atoms. The Balaban J connectivity index is 0.00000484. The summed E-state index contributed by atoms with van der Waals surface area (Å²) >= 11 is 0. The van der Waals surface area contributed by atoms with E-state index in [2.05, 4.69) is 16.0 Å². The van der Waals surface area contributed by atoms with Crippen LogP contribution in [0.4, 0.5) is 4.79 Å². The quantitative estimate of drug-likeness (QED) is 0.668. The zero-order valence-corrected chi connectivity index (χ0v) is 14.8. The first kappa shape index (κ1) is 21.2. The number of halogens is 1. The number of rotatable bonds is 8. The lowest BCUT2D eigenvalue weighted by Gasteiger charge is -2.18. The van der Waals surface area contributed by atoms with Gasteiger partial charge in [-0.05, 0) is 19.5 Å². The maximum absolute atomic E-state index is 11.9. The molecule has 0 aliphatic carbocycles. The molecule has 6 nitrogen and oxygen atoms in total. The van der Waals surface area contributed by atoms with Crippen molar-refractivity contribution in [2.75, 3.05) is 27.2 Å². The largest absolute Gasteiger partial charge is 0.354 e. The number of urea groups is 1. The molecule has 1 unspecified atom stereocenters. The van der Waals surface area contributed by atoms with E-state index in [1.807, 2.05) is 44.3 Å². The van der Waals surface area contributed by atoms with Crippen molar-refractivity contribution in [3.63, 3.8) is 0 Å². The van der Waals surface area contributed by atoms with Crippen LogP contribution in [0, 0.1) is 0 Å². The molecule has 0 aromatic heterocycles. The predicted octanol–water partition coefficient (Wildman–Crippen LogP) is 1.36. The van der Waals surface area contributed by atoms with E-state index in [0.29, 0.717) is 19.6 Å². The van der Waals surface area contributed by atoms with Crippen molar-refractivity contribution in [1.29, 1.82) is 0 Å². The van der Waals surface area contributed by atoms with Crippen LogP contribution in [0.1, 0.15) is 18.9 Å². The molecule has 23 heavy (non-hydrogen) atoms. The summed E-state index contributed by atoms with van der Waals surface area (Å²) in [5.41, 5.74) is 1.07. The van der Waals surface area contributed by atoms with E-state index >= 15 is 0 Å². The Morgan fingerprint density at radius 1 is 1.17 bits per heavy atom. The van der Waals surface area contributed by atoms with Gasteiger partial charge in [-0.1, -0.05) is 30.3 Å². The van der Waals surface area contributed by atoms with Crippen molar-refractivity contribution >= 4 is 24.3 Å². The molecule has 0 aliphatic rings. The van der Waals surface area contributed by atoms with E-state index in [-0.39, 0.29) is 36.8 Å². The Labute approximate surface area is 144 Å². The average Bonchev–Trinajstić information content (AvgIpc) is 2.53. The van der Waals surface area contributed by atoms with Gasteiger partial charge in [0.25, 0.3) is 0 Å². The monoisotopic (exact) mass is 342 g/mol. The first-order valence-corrected chi connectivity index (χ1v) is 7.49. The molecule has 1 rings (SSSR count). The van der Waals surface area contributed by atoms with Crippen LogP contribution in [0.15, 0.2) is 30.3 Å². The Bertz CT molecular complexity index is 470. The fraction of sp³-hybridized carbons (Fsp3) is 0.500. The molecule has 0 heterocycles. The highest BCUT2D eigenvalue weighted by atomic mass is 35.5. The zero-order valence-electron chi connectivity index (χ0n) is 14.0. The Morgan fingerprint density at radius 3 is 2.43 bits per heavy atom. The smallest absolute Gasteiger partial charge is 0.317 e. The number of hydrogen-bond acceptors (Lipinski definition) is 3. The molecule has 3 amide bonds. The molecule has 0 radical (unpaired) electrons. The normalized spacial score (nSPS) is 11.1. The molecule has 1 aromatic carbocycles. The van der Waals surface area contributed by atoms with Gasteiger partial charge in [0.1, 0.15) is 0 Å². The minimum atomic E-state index is -0.180. The van der Waals surface area contributed by atoms with Crippen LogP contribution in [0.3, 0.4) is 0 Å². The van der Waals surface area contributed by atoms with Gasteiger partial charge in [0.05, 0.1) is 0 Å². The average molecular weight is 343 g/mol. The molecule has 0 saturated heterocycles. The lowest BCUT2D eigenvalue weighted by atomic mass is 10.2. The minimum Gasteiger partial charge on any atom is -0.354 e. The van der Waals surface area contributed by atoms with Crippen LogP contribution < -0.4 is 16.0 Å². The highest BCUT2D eigenvalue weighted by Crippen LogP contribution is 2.02. The molecular formula is C16H27ClN4O2. The second-order valence-electron chi connectivity index (χ2n) is 5.32. The fourth-order valence-corrected chi connectivity index (χ4v) is 1.80. The lowest BCUT2D eigenvalue weighted by Crippen LogP contribution is -2.40. The number of carbonyl (C=O) groups is 2. The van der Waals surface area contributed by atoms with E-state index in [4.69, 9.17) is 0 Å². The second kappa shape index (κ2) is 11.7.